The first kappa shape index (κ1) is 8.49. The van der Waals surface area contributed by atoms with E-state index in [4.69, 9.17) is 9.84 Å². The highest BCUT2D eigenvalue weighted by atomic mass is 16.5. The SMILES string of the molecule is C[C@@](O)(C(=O)O)[C@@H]1CCOC1. The average Bonchev–Trinajstić information content (AvgIpc) is 2.37. The molecule has 4 nitrogen and oxygen atoms in total. The molecule has 2 atom stereocenters. The van der Waals surface area contributed by atoms with Crippen LogP contribution in [0.4, 0.5) is 0 Å². The van der Waals surface area contributed by atoms with E-state index in [0.717, 1.165) is 0 Å². The van der Waals surface area contributed by atoms with Gasteiger partial charge in [-0.05, 0) is 13.3 Å². The fourth-order valence-electron chi connectivity index (χ4n) is 1.15. The Labute approximate surface area is 64.8 Å². The first-order valence-corrected chi connectivity index (χ1v) is 3.58. The zero-order valence-corrected chi connectivity index (χ0v) is 6.41. The van der Waals surface area contributed by atoms with Gasteiger partial charge in [-0.15, -0.1) is 0 Å². The average molecular weight is 160 g/mol. The molecule has 1 heterocycles. The van der Waals surface area contributed by atoms with Crippen LogP contribution in [0.15, 0.2) is 0 Å². The van der Waals surface area contributed by atoms with Crippen molar-refractivity contribution in [1.82, 2.24) is 0 Å². The lowest BCUT2D eigenvalue weighted by atomic mass is 9.89. The number of rotatable bonds is 2. The smallest absolute Gasteiger partial charge is 0.335 e. The van der Waals surface area contributed by atoms with E-state index in [9.17, 15) is 9.90 Å². The van der Waals surface area contributed by atoms with E-state index in [0.29, 0.717) is 19.6 Å². The molecule has 1 fully saturated rings. The Morgan fingerprint density at radius 1 is 1.73 bits per heavy atom. The van der Waals surface area contributed by atoms with E-state index in [1.165, 1.54) is 6.92 Å². The molecule has 0 spiro atoms. The van der Waals surface area contributed by atoms with Crippen molar-refractivity contribution in [2.45, 2.75) is 18.9 Å². The first-order chi connectivity index (χ1) is 5.05. The summed E-state index contributed by atoms with van der Waals surface area (Å²) in [6, 6.07) is 0. The molecule has 4 heteroatoms. The second-order valence-electron chi connectivity index (χ2n) is 3.01. The van der Waals surface area contributed by atoms with E-state index >= 15 is 0 Å². The number of ether oxygens (including phenoxy) is 1. The maximum Gasteiger partial charge on any atom is 0.335 e. The van der Waals surface area contributed by atoms with Gasteiger partial charge in [0.05, 0.1) is 6.61 Å². The maximum absolute atomic E-state index is 10.5. The summed E-state index contributed by atoms with van der Waals surface area (Å²) in [5.74, 6) is -1.44. The Bertz CT molecular complexity index is 158. The Hall–Kier alpha value is -0.610. The number of hydrogen-bond donors (Lipinski definition) is 2. The Morgan fingerprint density at radius 2 is 2.36 bits per heavy atom. The van der Waals surface area contributed by atoms with Crippen molar-refractivity contribution in [2.75, 3.05) is 13.2 Å². The van der Waals surface area contributed by atoms with E-state index < -0.39 is 11.6 Å². The number of aliphatic carboxylic acids is 1. The highest BCUT2D eigenvalue weighted by Crippen LogP contribution is 2.25. The van der Waals surface area contributed by atoms with Gasteiger partial charge in [0.1, 0.15) is 0 Å². The third kappa shape index (κ3) is 1.52. The molecule has 64 valence electrons. The van der Waals surface area contributed by atoms with Crippen LogP contribution in [0, 0.1) is 5.92 Å². The summed E-state index contributed by atoms with van der Waals surface area (Å²) in [5.41, 5.74) is -1.63. The molecule has 11 heavy (non-hydrogen) atoms. The molecule has 0 aromatic carbocycles. The van der Waals surface area contributed by atoms with Crippen molar-refractivity contribution in [3.05, 3.63) is 0 Å². The highest BCUT2D eigenvalue weighted by molar-refractivity contribution is 5.77. The molecule has 0 amide bonds. The second kappa shape index (κ2) is 2.79. The van der Waals surface area contributed by atoms with E-state index in [1.54, 1.807) is 0 Å². The molecular weight excluding hydrogens is 148 g/mol. The van der Waals surface area contributed by atoms with E-state index in [1.807, 2.05) is 0 Å². The van der Waals surface area contributed by atoms with Gasteiger partial charge in [0, 0.05) is 12.5 Å². The topological polar surface area (TPSA) is 66.8 Å². The molecule has 0 saturated carbocycles. The van der Waals surface area contributed by atoms with Crippen LogP contribution in [-0.4, -0.2) is 35.0 Å². The third-order valence-corrected chi connectivity index (χ3v) is 2.16. The Morgan fingerprint density at radius 3 is 2.73 bits per heavy atom. The number of carboxylic acids is 1. The number of carbonyl (C=O) groups is 1. The molecule has 0 radical (unpaired) electrons. The monoisotopic (exact) mass is 160 g/mol. The molecule has 2 N–H and O–H groups in total. The molecule has 0 aromatic rings. The number of aliphatic hydroxyl groups is 1. The van der Waals surface area contributed by atoms with Crippen LogP contribution in [0.3, 0.4) is 0 Å². The second-order valence-corrected chi connectivity index (χ2v) is 3.01. The van der Waals surface area contributed by atoms with Crippen molar-refractivity contribution in [3.8, 4) is 0 Å². The van der Waals surface area contributed by atoms with Crippen molar-refractivity contribution >= 4 is 5.97 Å². The minimum Gasteiger partial charge on any atom is -0.479 e. The quantitative estimate of drug-likeness (QED) is 0.590. The fourth-order valence-corrected chi connectivity index (χ4v) is 1.15. The van der Waals surface area contributed by atoms with Gasteiger partial charge >= 0.3 is 5.97 Å². The molecule has 0 unspecified atom stereocenters. The predicted octanol–water partition coefficient (Wildman–Crippen LogP) is -0.141. The summed E-state index contributed by atoms with van der Waals surface area (Å²) in [5, 5.41) is 18.0. The lowest BCUT2D eigenvalue weighted by Gasteiger charge is -2.23. The molecule has 1 saturated heterocycles. The van der Waals surface area contributed by atoms with Crippen LogP contribution in [-0.2, 0) is 9.53 Å². The van der Waals surface area contributed by atoms with Gasteiger partial charge < -0.3 is 14.9 Å². The minimum absolute atomic E-state index is 0.264. The van der Waals surface area contributed by atoms with Crippen LogP contribution in [0.5, 0.6) is 0 Å². The van der Waals surface area contributed by atoms with Gasteiger partial charge in [-0.3, -0.25) is 0 Å². The molecule has 0 bridgehead atoms. The summed E-state index contributed by atoms with van der Waals surface area (Å²) in [4.78, 5) is 10.5. The minimum atomic E-state index is -1.63. The Kier molecular flexibility index (Phi) is 2.15. The normalized spacial score (nSPS) is 29.8. The van der Waals surface area contributed by atoms with Crippen LogP contribution in [0.2, 0.25) is 0 Å². The van der Waals surface area contributed by atoms with Gasteiger partial charge in [0.2, 0.25) is 0 Å². The summed E-state index contributed by atoms with van der Waals surface area (Å²) in [6.45, 7) is 2.21. The van der Waals surface area contributed by atoms with Crippen molar-refractivity contribution < 1.29 is 19.7 Å². The predicted molar refractivity (Wildman–Crippen MR) is 37.2 cm³/mol. The number of hydrogen-bond acceptors (Lipinski definition) is 3. The summed E-state index contributed by atoms with van der Waals surface area (Å²) in [6.07, 6.45) is 0.624. The van der Waals surface area contributed by atoms with Crippen molar-refractivity contribution in [2.24, 2.45) is 5.92 Å². The molecule has 0 aromatic heterocycles. The Balaban J connectivity index is 2.62. The van der Waals surface area contributed by atoms with Gasteiger partial charge in [-0.1, -0.05) is 0 Å². The number of carboxylic acid groups (broad SMARTS) is 1. The van der Waals surface area contributed by atoms with E-state index in [2.05, 4.69) is 0 Å². The molecule has 1 aliphatic heterocycles. The summed E-state index contributed by atoms with van der Waals surface area (Å²) in [7, 11) is 0. The lowest BCUT2D eigenvalue weighted by molar-refractivity contribution is -0.162. The van der Waals surface area contributed by atoms with Crippen molar-refractivity contribution in [1.29, 1.82) is 0 Å². The summed E-state index contributed by atoms with van der Waals surface area (Å²) < 4.78 is 4.97. The van der Waals surface area contributed by atoms with Gasteiger partial charge in [0.25, 0.3) is 0 Å². The van der Waals surface area contributed by atoms with Gasteiger partial charge in [-0.2, -0.15) is 0 Å². The van der Waals surface area contributed by atoms with Gasteiger partial charge in [0.15, 0.2) is 5.60 Å². The summed E-state index contributed by atoms with van der Waals surface area (Å²) >= 11 is 0. The maximum atomic E-state index is 10.5. The zero-order chi connectivity index (χ0) is 8.48. The molecule has 0 aliphatic carbocycles. The standard InChI is InChI=1S/C7H12O4/c1-7(10,6(8)9)5-2-3-11-4-5/h5,10H,2-4H2,1H3,(H,8,9)/t5-,7+/m1/s1. The molecule has 1 rings (SSSR count). The largest absolute Gasteiger partial charge is 0.479 e. The van der Waals surface area contributed by atoms with Crippen LogP contribution in [0.1, 0.15) is 13.3 Å². The lowest BCUT2D eigenvalue weighted by Crippen LogP contribution is -2.43. The van der Waals surface area contributed by atoms with Crippen LogP contribution >= 0.6 is 0 Å². The molecule has 1 aliphatic rings. The highest BCUT2D eigenvalue weighted by Gasteiger charge is 2.41. The fraction of sp³-hybridized carbons (Fsp3) is 0.857. The van der Waals surface area contributed by atoms with Gasteiger partial charge in [-0.25, -0.2) is 4.79 Å². The van der Waals surface area contributed by atoms with Crippen molar-refractivity contribution in [3.63, 3.8) is 0 Å². The zero-order valence-electron chi connectivity index (χ0n) is 6.41. The molecular formula is C7H12O4. The van der Waals surface area contributed by atoms with Crippen LogP contribution < -0.4 is 0 Å². The third-order valence-electron chi connectivity index (χ3n) is 2.16. The first-order valence-electron chi connectivity index (χ1n) is 3.58. The van der Waals surface area contributed by atoms with Crippen LogP contribution in [0.25, 0.3) is 0 Å². The van der Waals surface area contributed by atoms with E-state index in [-0.39, 0.29) is 5.92 Å².